The van der Waals surface area contributed by atoms with Crippen molar-refractivity contribution in [3.63, 3.8) is 0 Å². The Morgan fingerprint density at radius 1 is 1.57 bits per heavy atom. The molecule has 1 aliphatic heterocycles. The molecule has 14 heavy (non-hydrogen) atoms. The molecule has 1 aromatic rings. The first-order valence-corrected chi connectivity index (χ1v) is 6.05. The molecule has 1 atom stereocenters. The van der Waals surface area contributed by atoms with Crippen LogP contribution in [0.4, 0.5) is 0 Å². The monoisotopic (exact) mass is 229 g/mol. The number of halogens is 1. The van der Waals surface area contributed by atoms with Crippen molar-refractivity contribution in [2.45, 2.75) is 23.9 Å². The standard InChI is InChI=1S/C9H12ClN3S/c10-8-4-9(13-6-12-8)14-5-7-2-1-3-11-7/h4,6-7,11H,1-3,5H2/t7-/m1/s1. The highest BCUT2D eigenvalue weighted by atomic mass is 35.5. The van der Waals surface area contributed by atoms with Gasteiger partial charge in [-0.15, -0.1) is 11.8 Å². The molecule has 0 bridgehead atoms. The molecule has 0 amide bonds. The van der Waals surface area contributed by atoms with Gasteiger partial charge >= 0.3 is 0 Å². The van der Waals surface area contributed by atoms with E-state index in [-0.39, 0.29) is 0 Å². The van der Waals surface area contributed by atoms with Crippen LogP contribution in [0.2, 0.25) is 5.15 Å². The lowest BCUT2D eigenvalue weighted by molar-refractivity contribution is 0.673. The summed E-state index contributed by atoms with van der Waals surface area (Å²) in [6, 6.07) is 2.44. The van der Waals surface area contributed by atoms with Gasteiger partial charge in [-0.1, -0.05) is 11.6 Å². The number of hydrogen-bond donors (Lipinski definition) is 1. The lowest BCUT2D eigenvalue weighted by Crippen LogP contribution is -2.23. The van der Waals surface area contributed by atoms with Gasteiger partial charge in [0.15, 0.2) is 0 Å². The van der Waals surface area contributed by atoms with Gasteiger partial charge in [0.05, 0.1) is 0 Å². The van der Waals surface area contributed by atoms with Crippen LogP contribution in [0.5, 0.6) is 0 Å². The third kappa shape index (κ3) is 2.83. The number of nitrogens with one attached hydrogen (secondary N) is 1. The van der Waals surface area contributed by atoms with Gasteiger partial charge < -0.3 is 5.32 Å². The summed E-state index contributed by atoms with van der Waals surface area (Å²) in [6.07, 6.45) is 4.06. The molecule has 1 N–H and O–H groups in total. The van der Waals surface area contributed by atoms with Crippen LogP contribution < -0.4 is 5.32 Å². The van der Waals surface area contributed by atoms with Crippen molar-refractivity contribution in [3.05, 3.63) is 17.5 Å². The molecular formula is C9H12ClN3S. The first kappa shape index (κ1) is 10.2. The van der Waals surface area contributed by atoms with E-state index in [2.05, 4.69) is 15.3 Å². The van der Waals surface area contributed by atoms with E-state index in [1.54, 1.807) is 17.8 Å². The Morgan fingerprint density at radius 2 is 2.50 bits per heavy atom. The summed E-state index contributed by atoms with van der Waals surface area (Å²) in [5, 5.41) is 4.92. The van der Waals surface area contributed by atoms with E-state index in [4.69, 9.17) is 11.6 Å². The van der Waals surface area contributed by atoms with Gasteiger partial charge in [-0.2, -0.15) is 0 Å². The first-order chi connectivity index (χ1) is 6.84. The van der Waals surface area contributed by atoms with Crippen molar-refractivity contribution in [2.24, 2.45) is 0 Å². The van der Waals surface area contributed by atoms with Crippen LogP contribution in [-0.4, -0.2) is 28.3 Å². The predicted molar refractivity (Wildman–Crippen MR) is 58.8 cm³/mol. The number of rotatable bonds is 3. The normalized spacial score (nSPS) is 21.4. The Kier molecular flexibility index (Phi) is 3.61. The summed E-state index contributed by atoms with van der Waals surface area (Å²) in [5.41, 5.74) is 0. The van der Waals surface area contributed by atoms with Crippen molar-refractivity contribution in [3.8, 4) is 0 Å². The number of thioether (sulfide) groups is 1. The lowest BCUT2D eigenvalue weighted by atomic mass is 10.3. The fourth-order valence-corrected chi connectivity index (χ4v) is 2.67. The molecule has 5 heteroatoms. The third-order valence-corrected chi connectivity index (χ3v) is 3.50. The molecule has 0 aromatic carbocycles. The summed E-state index contributed by atoms with van der Waals surface area (Å²) < 4.78 is 0. The summed E-state index contributed by atoms with van der Waals surface area (Å²) in [4.78, 5) is 7.99. The Morgan fingerprint density at radius 3 is 3.21 bits per heavy atom. The van der Waals surface area contributed by atoms with Crippen LogP contribution >= 0.6 is 23.4 Å². The summed E-state index contributed by atoms with van der Waals surface area (Å²) in [7, 11) is 0. The molecule has 2 heterocycles. The quantitative estimate of drug-likeness (QED) is 0.636. The minimum Gasteiger partial charge on any atom is -0.313 e. The highest BCUT2D eigenvalue weighted by Crippen LogP contribution is 2.20. The molecule has 2 rings (SSSR count). The molecule has 0 saturated carbocycles. The molecule has 0 spiro atoms. The molecule has 1 fully saturated rings. The molecule has 76 valence electrons. The van der Waals surface area contributed by atoms with Crippen LogP contribution in [0.1, 0.15) is 12.8 Å². The van der Waals surface area contributed by atoms with Crippen molar-refractivity contribution < 1.29 is 0 Å². The van der Waals surface area contributed by atoms with Gasteiger partial charge in [-0.25, -0.2) is 9.97 Å². The van der Waals surface area contributed by atoms with Crippen LogP contribution in [0.3, 0.4) is 0 Å². The fraction of sp³-hybridized carbons (Fsp3) is 0.556. The summed E-state index contributed by atoms with van der Waals surface area (Å²) in [5.74, 6) is 1.06. The zero-order valence-electron chi connectivity index (χ0n) is 7.74. The molecule has 0 unspecified atom stereocenters. The van der Waals surface area contributed by atoms with Crippen molar-refractivity contribution in [1.82, 2.24) is 15.3 Å². The second kappa shape index (κ2) is 4.96. The second-order valence-corrected chi connectivity index (χ2v) is 4.71. The second-order valence-electron chi connectivity index (χ2n) is 3.28. The Balaban J connectivity index is 1.85. The van der Waals surface area contributed by atoms with E-state index in [0.717, 1.165) is 17.3 Å². The van der Waals surface area contributed by atoms with Crippen molar-refractivity contribution in [1.29, 1.82) is 0 Å². The van der Waals surface area contributed by atoms with E-state index in [1.807, 2.05) is 0 Å². The maximum absolute atomic E-state index is 5.76. The van der Waals surface area contributed by atoms with Crippen LogP contribution in [0, 0.1) is 0 Å². The van der Waals surface area contributed by atoms with Gasteiger partial charge in [0, 0.05) is 17.9 Å². The number of nitrogens with zero attached hydrogens (tertiary/aromatic N) is 2. The third-order valence-electron chi connectivity index (χ3n) is 2.20. The topological polar surface area (TPSA) is 37.8 Å². The summed E-state index contributed by atoms with van der Waals surface area (Å²) in [6.45, 7) is 1.15. The van der Waals surface area contributed by atoms with Crippen LogP contribution in [0.25, 0.3) is 0 Å². The van der Waals surface area contributed by atoms with Gasteiger partial charge in [-0.05, 0) is 19.4 Å². The average Bonchev–Trinajstić information content (AvgIpc) is 2.67. The zero-order chi connectivity index (χ0) is 9.80. The van der Waals surface area contributed by atoms with E-state index in [1.165, 1.54) is 19.2 Å². The SMILES string of the molecule is Clc1cc(SC[C@H]2CCCN2)ncn1. The van der Waals surface area contributed by atoms with Crippen LogP contribution in [-0.2, 0) is 0 Å². The average molecular weight is 230 g/mol. The molecule has 0 aliphatic carbocycles. The Hall–Kier alpha value is -0.320. The fourth-order valence-electron chi connectivity index (χ4n) is 1.48. The highest BCUT2D eigenvalue weighted by molar-refractivity contribution is 7.99. The van der Waals surface area contributed by atoms with Crippen molar-refractivity contribution >= 4 is 23.4 Å². The highest BCUT2D eigenvalue weighted by Gasteiger charge is 2.14. The number of hydrogen-bond acceptors (Lipinski definition) is 4. The maximum Gasteiger partial charge on any atom is 0.133 e. The van der Waals surface area contributed by atoms with E-state index >= 15 is 0 Å². The van der Waals surface area contributed by atoms with Gasteiger partial charge in [-0.3, -0.25) is 0 Å². The lowest BCUT2D eigenvalue weighted by Gasteiger charge is -2.08. The molecule has 1 aliphatic rings. The minimum absolute atomic E-state index is 0.516. The largest absolute Gasteiger partial charge is 0.313 e. The van der Waals surface area contributed by atoms with Crippen molar-refractivity contribution in [2.75, 3.05) is 12.3 Å². The van der Waals surface area contributed by atoms with E-state index < -0.39 is 0 Å². The molecule has 0 radical (unpaired) electrons. The first-order valence-electron chi connectivity index (χ1n) is 4.68. The Bertz CT molecular complexity index is 302. The van der Waals surface area contributed by atoms with Gasteiger partial charge in [0.25, 0.3) is 0 Å². The van der Waals surface area contributed by atoms with E-state index in [9.17, 15) is 0 Å². The Labute approximate surface area is 92.7 Å². The zero-order valence-corrected chi connectivity index (χ0v) is 9.31. The molecule has 1 saturated heterocycles. The van der Waals surface area contributed by atoms with Gasteiger partial charge in [0.1, 0.15) is 16.5 Å². The van der Waals surface area contributed by atoms with E-state index in [0.29, 0.717) is 11.2 Å². The predicted octanol–water partition coefficient (Wildman–Crippen LogP) is 1.97. The van der Waals surface area contributed by atoms with Gasteiger partial charge in [0.2, 0.25) is 0 Å². The maximum atomic E-state index is 5.76. The van der Waals surface area contributed by atoms with Crippen LogP contribution in [0.15, 0.2) is 17.4 Å². The smallest absolute Gasteiger partial charge is 0.133 e. The molecule has 1 aromatic heterocycles. The number of aromatic nitrogens is 2. The molecule has 3 nitrogen and oxygen atoms in total. The minimum atomic E-state index is 0.516. The molecular weight excluding hydrogens is 218 g/mol. The summed E-state index contributed by atoms with van der Waals surface area (Å²) >= 11 is 7.49.